The quantitative estimate of drug-likeness (QED) is 0.850. The maximum absolute atomic E-state index is 13.4. The molecule has 16 heavy (non-hydrogen) atoms. The van der Waals surface area contributed by atoms with E-state index in [9.17, 15) is 13.9 Å². The van der Waals surface area contributed by atoms with Crippen LogP contribution in [-0.2, 0) is 0 Å². The molecule has 84 valence electrons. The van der Waals surface area contributed by atoms with Gasteiger partial charge in [0.05, 0.1) is 6.26 Å². The predicted molar refractivity (Wildman–Crippen MR) is 53.9 cm³/mol. The van der Waals surface area contributed by atoms with Crippen LogP contribution in [0, 0.1) is 18.6 Å². The number of aliphatic hydroxyl groups is 1. The van der Waals surface area contributed by atoms with Crippen molar-refractivity contribution in [2.75, 3.05) is 0 Å². The van der Waals surface area contributed by atoms with Crippen molar-refractivity contribution in [3.8, 4) is 0 Å². The monoisotopic (exact) mass is 224 g/mol. The summed E-state index contributed by atoms with van der Waals surface area (Å²) < 4.78 is 31.3. The van der Waals surface area contributed by atoms with Crippen molar-refractivity contribution in [1.82, 2.24) is 0 Å². The van der Waals surface area contributed by atoms with Crippen LogP contribution in [0.3, 0.4) is 0 Å². The van der Waals surface area contributed by atoms with Crippen LogP contribution in [0.15, 0.2) is 34.9 Å². The third-order valence-electron chi connectivity index (χ3n) is 2.45. The van der Waals surface area contributed by atoms with Gasteiger partial charge >= 0.3 is 0 Å². The number of aryl methyl sites for hydroxylation is 1. The lowest BCUT2D eigenvalue weighted by molar-refractivity contribution is 0.212. The van der Waals surface area contributed by atoms with E-state index in [-0.39, 0.29) is 5.56 Å². The van der Waals surface area contributed by atoms with E-state index in [1.807, 2.05) is 0 Å². The van der Waals surface area contributed by atoms with Crippen molar-refractivity contribution in [3.63, 3.8) is 0 Å². The van der Waals surface area contributed by atoms with Crippen LogP contribution >= 0.6 is 0 Å². The van der Waals surface area contributed by atoms with Crippen LogP contribution in [0.25, 0.3) is 0 Å². The highest BCUT2D eigenvalue weighted by Crippen LogP contribution is 2.27. The number of furan rings is 1. The average Bonchev–Trinajstić information content (AvgIpc) is 2.67. The van der Waals surface area contributed by atoms with Gasteiger partial charge in [-0.05, 0) is 31.2 Å². The summed E-state index contributed by atoms with van der Waals surface area (Å²) in [6, 6.07) is 4.51. The zero-order valence-corrected chi connectivity index (χ0v) is 8.58. The summed E-state index contributed by atoms with van der Waals surface area (Å²) in [6.45, 7) is 1.65. The highest BCUT2D eigenvalue weighted by Gasteiger charge is 2.19. The van der Waals surface area contributed by atoms with Gasteiger partial charge in [-0.1, -0.05) is 0 Å². The van der Waals surface area contributed by atoms with Gasteiger partial charge in [0.1, 0.15) is 23.5 Å². The maximum atomic E-state index is 13.4. The van der Waals surface area contributed by atoms with Crippen LogP contribution in [0.5, 0.6) is 0 Å². The maximum Gasteiger partial charge on any atom is 0.129 e. The van der Waals surface area contributed by atoms with Crippen LogP contribution in [0.1, 0.15) is 23.0 Å². The smallest absolute Gasteiger partial charge is 0.129 e. The van der Waals surface area contributed by atoms with Crippen molar-refractivity contribution in [3.05, 3.63) is 59.1 Å². The van der Waals surface area contributed by atoms with E-state index in [1.54, 1.807) is 6.92 Å². The minimum atomic E-state index is -1.21. The Balaban J connectivity index is 2.45. The van der Waals surface area contributed by atoms with E-state index in [0.717, 1.165) is 18.2 Å². The highest BCUT2D eigenvalue weighted by atomic mass is 19.1. The molecule has 2 nitrogen and oxygen atoms in total. The number of aliphatic hydroxyl groups excluding tert-OH is 1. The first-order chi connectivity index (χ1) is 7.59. The second-order valence-electron chi connectivity index (χ2n) is 3.50. The van der Waals surface area contributed by atoms with Crippen molar-refractivity contribution in [2.24, 2.45) is 0 Å². The molecule has 0 aliphatic heterocycles. The van der Waals surface area contributed by atoms with Gasteiger partial charge in [-0.25, -0.2) is 8.78 Å². The fourth-order valence-electron chi connectivity index (χ4n) is 1.57. The zero-order chi connectivity index (χ0) is 11.7. The first-order valence-electron chi connectivity index (χ1n) is 4.76. The molecule has 0 aliphatic carbocycles. The topological polar surface area (TPSA) is 33.4 Å². The highest BCUT2D eigenvalue weighted by molar-refractivity contribution is 5.32. The summed E-state index contributed by atoms with van der Waals surface area (Å²) >= 11 is 0. The second kappa shape index (κ2) is 4.06. The van der Waals surface area contributed by atoms with Crippen LogP contribution in [0.2, 0.25) is 0 Å². The first kappa shape index (κ1) is 10.8. The molecular formula is C12H10F2O2. The van der Waals surface area contributed by atoms with Crippen molar-refractivity contribution in [2.45, 2.75) is 13.0 Å². The molecule has 0 aliphatic rings. The summed E-state index contributed by atoms with van der Waals surface area (Å²) in [4.78, 5) is 0. The number of hydrogen-bond donors (Lipinski definition) is 1. The molecule has 2 aromatic rings. The summed E-state index contributed by atoms with van der Waals surface area (Å²) in [5, 5.41) is 9.90. The van der Waals surface area contributed by atoms with Gasteiger partial charge in [0.25, 0.3) is 0 Å². The molecular weight excluding hydrogens is 214 g/mol. The summed E-state index contributed by atoms with van der Waals surface area (Å²) in [5.41, 5.74) is 0.342. The molecule has 0 saturated heterocycles. The lowest BCUT2D eigenvalue weighted by Gasteiger charge is -2.11. The summed E-state index contributed by atoms with van der Waals surface area (Å²) in [5.74, 6) is -0.748. The molecule has 4 heteroatoms. The van der Waals surface area contributed by atoms with E-state index >= 15 is 0 Å². The molecule has 0 bridgehead atoms. The van der Waals surface area contributed by atoms with Gasteiger partial charge in [-0.15, -0.1) is 0 Å². The minimum absolute atomic E-state index is 0.0931. The molecule has 0 fully saturated rings. The van der Waals surface area contributed by atoms with E-state index in [4.69, 9.17) is 4.42 Å². The van der Waals surface area contributed by atoms with Crippen LogP contribution in [0.4, 0.5) is 8.78 Å². The van der Waals surface area contributed by atoms with Gasteiger partial charge < -0.3 is 9.52 Å². The molecule has 1 unspecified atom stereocenters. The van der Waals surface area contributed by atoms with Crippen molar-refractivity contribution >= 4 is 0 Å². The Hall–Kier alpha value is -1.68. The SMILES string of the molecule is Cc1occc1C(O)c1cc(F)ccc1F. The normalized spacial score (nSPS) is 12.8. The summed E-state index contributed by atoms with van der Waals surface area (Å²) in [6.07, 6.45) is 0.180. The largest absolute Gasteiger partial charge is 0.469 e. The lowest BCUT2D eigenvalue weighted by atomic mass is 10.0. The Bertz CT molecular complexity index is 505. The molecule has 0 saturated carbocycles. The Morgan fingerprint density at radius 2 is 1.94 bits per heavy atom. The van der Waals surface area contributed by atoms with E-state index in [0.29, 0.717) is 11.3 Å². The molecule has 1 aromatic heterocycles. The summed E-state index contributed by atoms with van der Waals surface area (Å²) in [7, 11) is 0. The van der Waals surface area contributed by atoms with Gasteiger partial charge in [0.15, 0.2) is 0 Å². The molecule has 1 N–H and O–H groups in total. The molecule has 0 spiro atoms. The molecule has 1 heterocycles. The standard InChI is InChI=1S/C12H10F2O2/c1-7-9(4-5-16-7)12(15)10-6-8(13)2-3-11(10)14/h2-6,12,15H,1H3. The number of rotatable bonds is 2. The zero-order valence-electron chi connectivity index (χ0n) is 8.58. The van der Waals surface area contributed by atoms with Crippen molar-refractivity contribution in [1.29, 1.82) is 0 Å². The Morgan fingerprint density at radius 1 is 1.19 bits per heavy atom. The van der Waals surface area contributed by atoms with Gasteiger partial charge in [0.2, 0.25) is 0 Å². The Labute approximate surface area is 91.1 Å². The molecule has 1 aromatic carbocycles. The molecule has 1 atom stereocenters. The number of benzene rings is 1. The Kier molecular flexibility index (Phi) is 2.75. The van der Waals surface area contributed by atoms with Gasteiger partial charge in [-0.2, -0.15) is 0 Å². The molecule has 0 radical (unpaired) electrons. The first-order valence-corrected chi connectivity index (χ1v) is 4.76. The number of hydrogen-bond acceptors (Lipinski definition) is 2. The van der Waals surface area contributed by atoms with E-state index < -0.39 is 17.7 Å². The van der Waals surface area contributed by atoms with Crippen molar-refractivity contribution < 1.29 is 18.3 Å². The third kappa shape index (κ3) is 1.84. The van der Waals surface area contributed by atoms with Crippen LogP contribution in [-0.4, -0.2) is 5.11 Å². The lowest BCUT2D eigenvalue weighted by Crippen LogP contribution is -2.03. The fraction of sp³-hybridized carbons (Fsp3) is 0.167. The second-order valence-corrected chi connectivity index (χ2v) is 3.50. The molecule has 2 rings (SSSR count). The van der Waals surface area contributed by atoms with E-state index in [1.165, 1.54) is 12.3 Å². The molecule has 0 amide bonds. The number of halogens is 2. The Morgan fingerprint density at radius 3 is 2.56 bits per heavy atom. The average molecular weight is 224 g/mol. The predicted octanol–water partition coefficient (Wildman–Crippen LogP) is 2.95. The third-order valence-corrected chi connectivity index (χ3v) is 2.45. The minimum Gasteiger partial charge on any atom is -0.469 e. The van der Waals surface area contributed by atoms with Gasteiger partial charge in [0, 0.05) is 11.1 Å². The van der Waals surface area contributed by atoms with Gasteiger partial charge in [-0.3, -0.25) is 0 Å². The fourth-order valence-corrected chi connectivity index (χ4v) is 1.57. The van der Waals surface area contributed by atoms with Crippen LogP contribution < -0.4 is 0 Å². The van der Waals surface area contributed by atoms with E-state index in [2.05, 4.69) is 0 Å².